The maximum atomic E-state index is 12.9. The van der Waals surface area contributed by atoms with Gasteiger partial charge in [-0.1, -0.05) is 30.8 Å². The molecule has 3 rings (SSSR count). The molecule has 1 atom stereocenters. The fourth-order valence-electron chi connectivity index (χ4n) is 2.51. The summed E-state index contributed by atoms with van der Waals surface area (Å²) in [6.45, 7) is 4.96. The zero-order valence-corrected chi connectivity index (χ0v) is 17.3. The number of nitrogens with one attached hydrogen (secondary N) is 3. The first-order valence-electron chi connectivity index (χ1n) is 8.99. The number of aliphatic imine (C=N–C) groups is 1. The van der Waals surface area contributed by atoms with E-state index < -0.39 is 0 Å². The number of hydrazone groups is 1. The summed E-state index contributed by atoms with van der Waals surface area (Å²) in [6.07, 6.45) is 1.12. The molecule has 0 aromatic heterocycles. The van der Waals surface area contributed by atoms with Crippen molar-refractivity contribution < 1.29 is 4.39 Å². The SMILES string of the molecule is CC[C@@H]1CN=C(Nc2ccc(/C(C)=N\NC(=S)Nc3ccc(F)cc3)cc2)S1. The van der Waals surface area contributed by atoms with E-state index in [4.69, 9.17) is 12.2 Å². The molecule has 3 N–H and O–H groups in total. The number of benzene rings is 2. The van der Waals surface area contributed by atoms with Gasteiger partial charge in [-0.3, -0.25) is 10.4 Å². The molecule has 146 valence electrons. The summed E-state index contributed by atoms with van der Waals surface area (Å²) < 4.78 is 12.9. The second kappa shape index (κ2) is 9.66. The van der Waals surface area contributed by atoms with E-state index in [9.17, 15) is 4.39 Å². The lowest BCUT2D eigenvalue weighted by Gasteiger charge is -2.09. The van der Waals surface area contributed by atoms with Gasteiger partial charge < -0.3 is 10.6 Å². The Hall–Kier alpha value is -2.45. The lowest BCUT2D eigenvalue weighted by molar-refractivity contribution is 0.628. The molecule has 1 aliphatic heterocycles. The molecule has 28 heavy (non-hydrogen) atoms. The van der Waals surface area contributed by atoms with Crippen LogP contribution >= 0.6 is 24.0 Å². The molecule has 0 spiro atoms. The maximum absolute atomic E-state index is 12.9. The van der Waals surface area contributed by atoms with Crippen LogP contribution in [0.5, 0.6) is 0 Å². The van der Waals surface area contributed by atoms with Gasteiger partial charge in [-0.15, -0.1) is 0 Å². The van der Waals surface area contributed by atoms with Crippen molar-refractivity contribution in [3.63, 3.8) is 0 Å². The Kier molecular flexibility index (Phi) is 7.00. The van der Waals surface area contributed by atoms with Crippen LogP contribution in [-0.4, -0.2) is 27.8 Å². The number of hydrogen-bond donors (Lipinski definition) is 3. The number of rotatable bonds is 5. The number of amidine groups is 1. The maximum Gasteiger partial charge on any atom is 0.191 e. The third-order valence-corrected chi connectivity index (χ3v) is 5.62. The third kappa shape index (κ3) is 5.77. The summed E-state index contributed by atoms with van der Waals surface area (Å²) in [5.41, 5.74) is 6.28. The largest absolute Gasteiger partial charge is 0.335 e. The van der Waals surface area contributed by atoms with Crippen LogP contribution in [0, 0.1) is 5.82 Å². The highest BCUT2D eigenvalue weighted by Crippen LogP contribution is 2.24. The van der Waals surface area contributed by atoms with Crippen LogP contribution < -0.4 is 16.1 Å². The highest BCUT2D eigenvalue weighted by atomic mass is 32.2. The summed E-state index contributed by atoms with van der Waals surface area (Å²) in [7, 11) is 0. The molecule has 0 fully saturated rings. The van der Waals surface area contributed by atoms with E-state index in [-0.39, 0.29) is 5.82 Å². The first-order valence-corrected chi connectivity index (χ1v) is 10.3. The van der Waals surface area contributed by atoms with Crippen LogP contribution in [0.3, 0.4) is 0 Å². The average molecular weight is 416 g/mol. The Morgan fingerprint density at radius 2 is 1.86 bits per heavy atom. The van der Waals surface area contributed by atoms with Crippen molar-refractivity contribution in [2.45, 2.75) is 25.5 Å². The Morgan fingerprint density at radius 3 is 2.50 bits per heavy atom. The topological polar surface area (TPSA) is 60.8 Å². The Labute approximate surface area is 173 Å². The molecule has 2 aromatic carbocycles. The van der Waals surface area contributed by atoms with Gasteiger partial charge in [-0.05, 0) is 67.5 Å². The minimum atomic E-state index is -0.292. The summed E-state index contributed by atoms with van der Waals surface area (Å²) in [6, 6.07) is 14.0. The molecule has 0 saturated heterocycles. The van der Waals surface area contributed by atoms with Crippen LogP contribution in [0.2, 0.25) is 0 Å². The van der Waals surface area contributed by atoms with Gasteiger partial charge in [-0.2, -0.15) is 5.10 Å². The van der Waals surface area contributed by atoms with Crippen LogP contribution in [0.1, 0.15) is 25.8 Å². The Bertz CT molecular complexity index is 878. The monoisotopic (exact) mass is 415 g/mol. The minimum absolute atomic E-state index is 0.292. The predicted octanol–water partition coefficient (Wildman–Crippen LogP) is 4.83. The fraction of sp³-hybridized carbons (Fsp3) is 0.250. The van der Waals surface area contributed by atoms with Crippen LogP contribution in [0.25, 0.3) is 0 Å². The van der Waals surface area contributed by atoms with Crippen LogP contribution in [0.4, 0.5) is 15.8 Å². The molecule has 5 nitrogen and oxygen atoms in total. The zero-order chi connectivity index (χ0) is 19.9. The fourth-order valence-corrected chi connectivity index (χ4v) is 3.63. The van der Waals surface area contributed by atoms with Crippen molar-refractivity contribution in [1.29, 1.82) is 0 Å². The summed E-state index contributed by atoms with van der Waals surface area (Å²) >= 11 is 7.00. The van der Waals surface area contributed by atoms with E-state index in [2.05, 4.69) is 33.1 Å². The smallest absolute Gasteiger partial charge is 0.191 e. The number of anilines is 2. The molecule has 0 saturated carbocycles. The van der Waals surface area contributed by atoms with Gasteiger partial charge in [0.05, 0.1) is 12.3 Å². The molecule has 0 bridgehead atoms. The van der Waals surface area contributed by atoms with Gasteiger partial charge in [0.2, 0.25) is 0 Å². The zero-order valence-electron chi connectivity index (χ0n) is 15.7. The lowest BCUT2D eigenvalue weighted by Crippen LogP contribution is -2.24. The number of thiocarbonyl (C=S) groups is 1. The van der Waals surface area contributed by atoms with Crippen molar-refractivity contribution in [2.24, 2.45) is 10.1 Å². The Morgan fingerprint density at radius 1 is 1.18 bits per heavy atom. The van der Waals surface area contributed by atoms with E-state index in [1.807, 2.05) is 31.2 Å². The average Bonchev–Trinajstić information content (AvgIpc) is 3.16. The lowest BCUT2D eigenvalue weighted by atomic mass is 10.1. The summed E-state index contributed by atoms with van der Waals surface area (Å²) in [5.74, 6) is -0.292. The molecule has 0 aliphatic carbocycles. The van der Waals surface area contributed by atoms with Crippen LogP contribution in [0.15, 0.2) is 58.6 Å². The number of hydrogen-bond acceptors (Lipinski definition) is 5. The van der Waals surface area contributed by atoms with E-state index in [1.165, 1.54) is 12.1 Å². The molecule has 0 amide bonds. The van der Waals surface area contributed by atoms with Crippen molar-refractivity contribution in [3.8, 4) is 0 Å². The molecule has 2 aromatic rings. The molecule has 0 radical (unpaired) electrons. The van der Waals surface area contributed by atoms with Crippen LogP contribution in [-0.2, 0) is 0 Å². The molecule has 8 heteroatoms. The Balaban J connectivity index is 1.52. The van der Waals surface area contributed by atoms with Crippen molar-refractivity contribution in [3.05, 3.63) is 59.9 Å². The van der Waals surface area contributed by atoms with E-state index in [0.29, 0.717) is 16.0 Å². The second-order valence-corrected chi connectivity index (χ2v) is 7.96. The van der Waals surface area contributed by atoms with E-state index >= 15 is 0 Å². The molecule has 1 aliphatic rings. The van der Waals surface area contributed by atoms with Gasteiger partial charge >= 0.3 is 0 Å². The molecular formula is C20H22FN5S2. The summed E-state index contributed by atoms with van der Waals surface area (Å²) in [5, 5.41) is 12.5. The van der Waals surface area contributed by atoms with Crippen molar-refractivity contribution in [2.75, 3.05) is 17.2 Å². The molecular weight excluding hydrogens is 393 g/mol. The molecule has 0 unspecified atom stereocenters. The van der Waals surface area contributed by atoms with E-state index in [1.54, 1.807) is 23.9 Å². The number of halogens is 1. The van der Waals surface area contributed by atoms with Gasteiger partial charge in [0.15, 0.2) is 10.3 Å². The second-order valence-electron chi connectivity index (χ2n) is 6.27. The normalized spacial score (nSPS) is 16.5. The van der Waals surface area contributed by atoms with Crippen molar-refractivity contribution in [1.82, 2.24) is 5.43 Å². The van der Waals surface area contributed by atoms with Gasteiger partial charge in [0, 0.05) is 16.6 Å². The highest BCUT2D eigenvalue weighted by molar-refractivity contribution is 8.15. The molecule has 1 heterocycles. The highest BCUT2D eigenvalue weighted by Gasteiger charge is 2.17. The first-order chi connectivity index (χ1) is 13.5. The van der Waals surface area contributed by atoms with Gasteiger partial charge in [0.1, 0.15) is 5.82 Å². The minimum Gasteiger partial charge on any atom is -0.335 e. The van der Waals surface area contributed by atoms with E-state index in [0.717, 1.165) is 35.1 Å². The van der Waals surface area contributed by atoms with Gasteiger partial charge in [-0.25, -0.2) is 4.39 Å². The van der Waals surface area contributed by atoms with Crippen molar-refractivity contribution >= 4 is 51.3 Å². The predicted molar refractivity (Wildman–Crippen MR) is 122 cm³/mol. The standard InChI is InChI=1S/C20H22FN5S2/c1-3-18-12-22-20(28-18)24-17-8-4-14(5-9-17)13(2)25-26-19(27)23-16-10-6-15(21)7-11-16/h4-11,18H,3,12H2,1-2H3,(H,22,24)(H2,23,26,27)/b25-13-/t18-/m1/s1. The number of nitrogens with zero attached hydrogens (tertiary/aromatic N) is 2. The first kappa shape index (κ1) is 20.3. The third-order valence-electron chi connectivity index (χ3n) is 4.15. The number of thioether (sulfide) groups is 1. The van der Waals surface area contributed by atoms with Gasteiger partial charge in [0.25, 0.3) is 0 Å². The summed E-state index contributed by atoms with van der Waals surface area (Å²) in [4.78, 5) is 4.52. The quantitative estimate of drug-likeness (QED) is 0.371.